The van der Waals surface area contributed by atoms with Crippen molar-refractivity contribution >= 4 is 114 Å². The predicted octanol–water partition coefficient (Wildman–Crippen LogP) is 9.11. The minimum Gasteiger partial charge on any atom is -0.107 e. The molecular formula is C16H40I4Sn. The van der Waals surface area contributed by atoms with E-state index in [1.807, 2.05) is 0 Å². The summed E-state index contributed by atoms with van der Waals surface area (Å²) < 4.78 is 6.80. The summed E-state index contributed by atoms with van der Waals surface area (Å²) in [6.45, 7) is 9.48. The molecule has 0 aliphatic heterocycles. The average molecular weight is 859 g/mol. The van der Waals surface area contributed by atoms with Gasteiger partial charge >= 0.3 is 115 Å². The zero-order chi connectivity index (χ0) is 13.0. The van der Waals surface area contributed by atoms with Crippen molar-refractivity contribution in [1.82, 2.24) is 0 Å². The van der Waals surface area contributed by atoms with Crippen molar-refractivity contribution in [3.63, 3.8) is 0 Å². The van der Waals surface area contributed by atoms with Crippen LogP contribution >= 0.6 is 95.9 Å². The van der Waals surface area contributed by atoms with E-state index in [2.05, 4.69) is 27.7 Å². The van der Waals surface area contributed by atoms with E-state index in [1.54, 1.807) is 17.7 Å². The van der Waals surface area contributed by atoms with Gasteiger partial charge in [0.15, 0.2) is 0 Å². The maximum absolute atomic E-state index is 2.37. The quantitative estimate of drug-likeness (QED) is 0.136. The Morgan fingerprint density at radius 3 is 0.762 bits per heavy atom. The fraction of sp³-hybridized carbons (Fsp3) is 1.00. The van der Waals surface area contributed by atoms with Crippen LogP contribution in [0.2, 0.25) is 17.7 Å². The Balaban J connectivity index is -0.000000213. The smallest absolute Gasteiger partial charge is 0.107 e. The maximum atomic E-state index is 2.37. The Kier molecular flexibility index (Phi) is 44.2. The predicted molar refractivity (Wildman–Crippen MR) is 146 cm³/mol. The third-order valence-electron chi connectivity index (χ3n) is 4.24. The molecule has 0 aliphatic rings. The largest absolute Gasteiger partial charge is 0.107 e. The van der Waals surface area contributed by atoms with Crippen LogP contribution in [0.4, 0.5) is 0 Å². The standard InChI is InChI=1S/4C4H9.4HI.Sn/c4*1-3-4-2;;;;;/h4*1,3-4H2,2H3;4*1H;. The van der Waals surface area contributed by atoms with E-state index in [0.29, 0.717) is 0 Å². The van der Waals surface area contributed by atoms with Gasteiger partial charge in [0.1, 0.15) is 0 Å². The molecule has 0 radical (unpaired) electrons. The number of halogens is 4. The minimum atomic E-state index is -1.69. The minimum absolute atomic E-state index is 0. The molecule has 0 spiro atoms. The molecule has 0 rings (SSSR count). The van der Waals surface area contributed by atoms with Crippen molar-refractivity contribution in [3.05, 3.63) is 0 Å². The van der Waals surface area contributed by atoms with E-state index in [-0.39, 0.29) is 95.9 Å². The van der Waals surface area contributed by atoms with Gasteiger partial charge in [-0.3, -0.25) is 0 Å². The summed E-state index contributed by atoms with van der Waals surface area (Å²) in [6.07, 6.45) is 11.8. The molecule has 0 fully saturated rings. The van der Waals surface area contributed by atoms with Gasteiger partial charge in [0, 0.05) is 0 Å². The molecule has 0 saturated heterocycles. The Labute approximate surface area is 207 Å². The van der Waals surface area contributed by atoms with Crippen LogP contribution < -0.4 is 0 Å². The summed E-state index contributed by atoms with van der Waals surface area (Å²) in [5.41, 5.74) is 0. The second kappa shape index (κ2) is 26.0. The zero-order valence-electron chi connectivity index (χ0n) is 14.6. The molecule has 0 atom stereocenters. The van der Waals surface area contributed by atoms with E-state index >= 15 is 0 Å². The summed E-state index contributed by atoms with van der Waals surface area (Å²) in [7, 11) is 0. The van der Waals surface area contributed by atoms with Gasteiger partial charge in [-0.05, 0) is 0 Å². The van der Waals surface area contributed by atoms with Crippen LogP contribution in [0, 0.1) is 0 Å². The second-order valence-electron chi connectivity index (χ2n) is 5.91. The first-order valence-electron chi connectivity index (χ1n) is 8.24. The summed E-state index contributed by atoms with van der Waals surface area (Å²) in [4.78, 5) is 0. The normalized spacial score (nSPS) is 9.71. The van der Waals surface area contributed by atoms with Gasteiger partial charge in [-0.2, -0.15) is 0 Å². The van der Waals surface area contributed by atoms with Crippen molar-refractivity contribution in [2.45, 2.75) is 96.8 Å². The number of rotatable bonds is 12. The first-order valence-corrected chi connectivity index (χ1v) is 16.3. The fourth-order valence-electron chi connectivity index (χ4n) is 2.96. The number of hydrogen-bond acceptors (Lipinski definition) is 0. The van der Waals surface area contributed by atoms with Crippen LogP contribution in [0.15, 0.2) is 0 Å². The van der Waals surface area contributed by atoms with Gasteiger partial charge in [0.2, 0.25) is 0 Å². The molecule has 0 nitrogen and oxygen atoms in total. The molecule has 0 saturated carbocycles. The van der Waals surface area contributed by atoms with Crippen LogP contribution in [-0.2, 0) is 0 Å². The molecule has 0 amide bonds. The molecular weight excluding hydrogens is 819 g/mol. The first-order chi connectivity index (χ1) is 8.24. The fourth-order valence-corrected chi connectivity index (χ4v) is 19.8. The SMILES string of the molecule is CCC[CH2][Sn]([CH2]CCC)([CH2]CCC)[CH2]CCC.I.I.I.I. The van der Waals surface area contributed by atoms with E-state index in [1.165, 1.54) is 51.4 Å². The van der Waals surface area contributed by atoms with Crippen molar-refractivity contribution in [1.29, 1.82) is 0 Å². The van der Waals surface area contributed by atoms with E-state index in [0.717, 1.165) is 0 Å². The second-order valence-corrected chi connectivity index (χ2v) is 20.2. The van der Waals surface area contributed by atoms with Crippen molar-refractivity contribution in [3.8, 4) is 0 Å². The maximum Gasteiger partial charge on any atom is -0.107 e. The number of unbranched alkanes of at least 4 members (excludes halogenated alkanes) is 4. The van der Waals surface area contributed by atoms with Gasteiger partial charge in [0.25, 0.3) is 0 Å². The Hall–Kier alpha value is 3.72. The van der Waals surface area contributed by atoms with Crippen LogP contribution in [0.3, 0.4) is 0 Å². The van der Waals surface area contributed by atoms with Crippen molar-refractivity contribution < 1.29 is 0 Å². The summed E-state index contributed by atoms with van der Waals surface area (Å²) in [5, 5.41) is 0. The third kappa shape index (κ3) is 19.9. The van der Waals surface area contributed by atoms with E-state index < -0.39 is 18.4 Å². The molecule has 136 valence electrons. The monoisotopic (exact) mass is 860 g/mol. The van der Waals surface area contributed by atoms with Crippen LogP contribution in [0.25, 0.3) is 0 Å². The molecule has 0 aromatic heterocycles. The molecule has 21 heavy (non-hydrogen) atoms. The molecule has 0 N–H and O–H groups in total. The third-order valence-corrected chi connectivity index (χ3v) is 20.4. The van der Waals surface area contributed by atoms with Gasteiger partial charge in [-0.25, -0.2) is 0 Å². The summed E-state index contributed by atoms with van der Waals surface area (Å²) in [6, 6.07) is 0. The summed E-state index contributed by atoms with van der Waals surface area (Å²) in [5.74, 6) is 0. The van der Waals surface area contributed by atoms with Crippen molar-refractivity contribution in [2.24, 2.45) is 0 Å². The number of hydrogen-bond donors (Lipinski definition) is 0. The Morgan fingerprint density at radius 2 is 0.619 bits per heavy atom. The molecule has 0 bridgehead atoms. The van der Waals surface area contributed by atoms with Gasteiger partial charge in [-0.1, -0.05) is 0 Å². The molecule has 5 heteroatoms. The van der Waals surface area contributed by atoms with E-state index in [9.17, 15) is 0 Å². The Bertz CT molecular complexity index is 131. The molecule has 0 aliphatic carbocycles. The van der Waals surface area contributed by atoms with Gasteiger partial charge in [0.05, 0.1) is 0 Å². The van der Waals surface area contributed by atoms with Crippen LogP contribution in [0.1, 0.15) is 79.1 Å². The van der Waals surface area contributed by atoms with Crippen LogP contribution in [0.5, 0.6) is 0 Å². The molecule has 0 heterocycles. The molecule has 0 aromatic carbocycles. The van der Waals surface area contributed by atoms with Gasteiger partial charge < -0.3 is 0 Å². The summed E-state index contributed by atoms with van der Waals surface area (Å²) >= 11 is -1.69. The van der Waals surface area contributed by atoms with E-state index in [4.69, 9.17) is 0 Å². The zero-order valence-corrected chi connectivity index (χ0v) is 26.8. The first kappa shape index (κ1) is 35.8. The van der Waals surface area contributed by atoms with Crippen molar-refractivity contribution in [2.75, 3.05) is 0 Å². The van der Waals surface area contributed by atoms with Crippen LogP contribution in [-0.4, -0.2) is 18.4 Å². The average Bonchev–Trinajstić information content (AvgIpc) is 2.37. The van der Waals surface area contributed by atoms with Gasteiger partial charge in [-0.15, -0.1) is 95.9 Å². The molecule has 0 aromatic rings. The molecule has 0 unspecified atom stereocenters. The topological polar surface area (TPSA) is 0 Å². The Morgan fingerprint density at radius 1 is 0.429 bits per heavy atom.